The second-order valence-corrected chi connectivity index (χ2v) is 3.07. The number of nitrogens with zero attached hydrogens (tertiary/aromatic N) is 1. The highest BCUT2D eigenvalue weighted by Gasteiger charge is 1.97. The van der Waals surface area contributed by atoms with Crippen molar-refractivity contribution in [3.63, 3.8) is 0 Å². The molecule has 1 heterocycles. The molecular formula is C11H14N2. The summed E-state index contributed by atoms with van der Waals surface area (Å²) in [5.74, 6) is 0. The molecule has 1 aromatic carbocycles. The van der Waals surface area contributed by atoms with E-state index in [1.54, 1.807) is 0 Å². The third-order valence-corrected chi connectivity index (χ3v) is 2.06. The number of hydrogen-bond donors (Lipinski definition) is 1. The molecule has 3 N–H and O–H groups in total. The summed E-state index contributed by atoms with van der Waals surface area (Å²) in [7, 11) is 0. The number of fused-ring (bicyclic) bond motifs is 1. The maximum atomic E-state index is 4.40. The van der Waals surface area contributed by atoms with Gasteiger partial charge in [0.25, 0.3) is 0 Å². The molecule has 0 radical (unpaired) electrons. The lowest BCUT2D eigenvalue weighted by Crippen LogP contribution is -1.86. The topological polar surface area (TPSA) is 47.9 Å². The van der Waals surface area contributed by atoms with E-state index in [-0.39, 0.29) is 6.15 Å². The molecule has 0 aliphatic carbocycles. The van der Waals surface area contributed by atoms with Gasteiger partial charge < -0.3 is 6.15 Å². The van der Waals surface area contributed by atoms with Crippen LogP contribution in [0.25, 0.3) is 10.8 Å². The molecule has 0 bridgehead atoms. The van der Waals surface area contributed by atoms with Crippen LogP contribution in [0.5, 0.6) is 0 Å². The van der Waals surface area contributed by atoms with Crippen LogP contribution in [-0.2, 0) is 0 Å². The van der Waals surface area contributed by atoms with E-state index in [2.05, 4.69) is 36.2 Å². The monoisotopic (exact) mass is 174 g/mol. The van der Waals surface area contributed by atoms with Crippen LogP contribution in [0, 0.1) is 13.8 Å². The van der Waals surface area contributed by atoms with Gasteiger partial charge in [-0.1, -0.05) is 24.3 Å². The Morgan fingerprint density at radius 2 is 1.77 bits per heavy atom. The molecule has 13 heavy (non-hydrogen) atoms. The summed E-state index contributed by atoms with van der Waals surface area (Å²) in [5.41, 5.74) is 2.21. The van der Waals surface area contributed by atoms with Gasteiger partial charge >= 0.3 is 0 Å². The van der Waals surface area contributed by atoms with Crippen molar-refractivity contribution in [2.75, 3.05) is 0 Å². The highest BCUT2D eigenvalue weighted by Crippen LogP contribution is 2.16. The summed E-state index contributed by atoms with van der Waals surface area (Å²) < 4.78 is 0. The molecule has 0 aliphatic heterocycles. The van der Waals surface area contributed by atoms with Gasteiger partial charge in [0.2, 0.25) is 0 Å². The van der Waals surface area contributed by atoms with E-state index < -0.39 is 0 Å². The van der Waals surface area contributed by atoms with Gasteiger partial charge in [0.1, 0.15) is 0 Å². The highest BCUT2D eigenvalue weighted by atomic mass is 14.7. The molecule has 0 aliphatic rings. The van der Waals surface area contributed by atoms with E-state index in [4.69, 9.17) is 0 Å². The zero-order valence-electron chi connectivity index (χ0n) is 8.04. The Bertz CT molecular complexity index is 421. The summed E-state index contributed by atoms with van der Waals surface area (Å²) in [6.07, 6.45) is 0. The SMILES string of the molecule is Cc1cc2ccccc2c(C)n1.N. The van der Waals surface area contributed by atoms with E-state index in [9.17, 15) is 0 Å². The Hall–Kier alpha value is -1.41. The molecule has 0 amide bonds. The van der Waals surface area contributed by atoms with Gasteiger partial charge in [0, 0.05) is 16.8 Å². The van der Waals surface area contributed by atoms with E-state index in [1.165, 1.54) is 10.8 Å². The molecule has 2 aromatic rings. The lowest BCUT2D eigenvalue weighted by atomic mass is 10.1. The van der Waals surface area contributed by atoms with Crippen molar-refractivity contribution in [2.24, 2.45) is 0 Å². The van der Waals surface area contributed by atoms with E-state index >= 15 is 0 Å². The fourth-order valence-corrected chi connectivity index (χ4v) is 1.53. The molecule has 0 fully saturated rings. The van der Waals surface area contributed by atoms with Crippen LogP contribution in [-0.4, -0.2) is 4.98 Å². The lowest BCUT2D eigenvalue weighted by Gasteiger charge is -2.01. The number of aromatic nitrogens is 1. The predicted octanol–water partition coefficient (Wildman–Crippen LogP) is 3.01. The van der Waals surface area contributed by atoms with Gasteiger partial charge in [-0.05, 0) is 25.3 Å². The molecule has 0 saturated carbocycles. The van der Waals surface area contributed by atoms with Crippen molar-refractivity contribution in [2.45, 2.75) is 13.8 Å². The van der Waals surface area contributed by atoms with Crippen LogP contribution in [0.2, 0.25) is 0 Å². The first-order valence-electron chi connectivity index (χ1n) is 4.10. The van der Waals surface area contributed by atoms with Crippen molar-refractivity contribution in [3.8, 4) is 0 Å². The second kappa shape index (κ2) is 3.54. The minimum atomic E-state index is 0. The number of benzene rings is 1. The maximum absolute atomic E-state index is 4.40. The highest BCUT2D eigenvalue weighted by molar-refractivity contribution is 5.84. The minimum absolute atomic E-state index is 0. The smallest absolute Gasteiger partial charge is 0.0454 e. The predicted molar refractivity (Wildman–Crippen MR) is 56.2 cm³/mol. The van der Waals surface area contributed by atoms with Gasteiger partial charge in [0.05, 0.1) is 0 Å². The number of pyridine rings is 1. The second-order valence-electron chi connectivity index (χ2n) is 3.07. The van der Waals surface area contributed by atoms with E-state index in [0.717, 1.165) is 11.4 Å². The first kappa shape index (κ1) is 9.68. The number of aryl methyl sites for hydroxylation is 2. The van der Waals surface area contributed by atoms with Crippen molar-refractivity contribution in [1.29, 1.82) is 0 Å². The van der Waals surface area contributed by atoms with Crippen LogP contribution in [0.1, 0.15) is 11.4 Å². The van der Waals surface area contributed by atoms with Crippen LogP contribution in [0.4, 0.5) is 0 Å². The summed E-state index contributed by atoms with van der Waals surface area (Å²) in [4.78, 5) is 4.40. The molecule has 0 unspecified atom stereocenters. The summed E-state index contributed by atoms with van der Waals surface area (Å²) >= 11 is 0. The van der Waals surface area contributed by atoms with Crippen LogP contribution in [0.15, 0.2) is 30.3 Å². The van der Waals surface area contributed by atoms with E-state index in [1.807, 2.05) is 13.0 Å². The molecule has 1 aromatic heterocycles. The Balaban J connectivity index is 0.000000845. The quantitative estimate of drug-likeness (QED) is 0.667. The zero-order chi connectivity index (χ0) is 8.55. The van der Waals surface area contributed by atoms with Crippen molar-refractivity contribution >= 4 is 10.8 Å². The molecule has 0 atom stereocenters. The van der Waals surface area contributed by atoms with Gasteiger partial charge in [-0.3, -0.25) is 4.98 Å². The molecule has 0 saturated heterocycles. The van der Waals surface area contributed by atoms with Gasteiger partial charge in [-0.2, -0.15) is 0 Å². The van der Waals surface area contributed by atoms with Gasteiger partial charge in [0.15, 0.2) is 0 Å². The Kier molecular flexibility index (Phi) is 2.63. The first-order chi connectivity index (χ1) is 5.77. The summed E-state index contributed by atoms with van der Waals surface area (Å²) in [5, 5.41) is 2.53. The van der Waals surface area contributed by atoms with Crippen molar-refractivity contribution in [1.82, 2.24) is 11.1 Å². The van der Waals surface area contributed by atoms with Crippen molar-refractivity contribution in [3.05, 3.63) is 41.7 Å². The number of rotatable bonds is 0. The minimum Gasteiger partial charge on any atom is -0.344 e. The lowest BCUT2D eigenvalue weighted by molar-refractivity contribution is 1.15. The first-order valence-corrected chi connectivity index (χ1v) is 4.10. The van der Waals surface area contributed by atoms with Gasteiger partial charge in [-0.15, -0.1) is 0 Å². The Morgan fingerprint density at radius 1 is 1.08 bits per heavy atom. The summed E-state index contributed by atoms with van der Waals surface area (Å²) in [6, 6.07) is 10.4. The Labute approximate surface area is 78.2 Å². The third kappa shape index (κ3) is 1.68. The molecular weight excluding hydrogens is 160 g/mol. The average Bonchev–Trinajstić information content (AvgIpc) is 2.04. The zero-order valence-corrected chi connectivity index (χ0v) is 8.04. The van der Waals surface area contributed by atoms with Crippen LogP contribution in [0.3, 0.4) is 0 Å². The largest absolute Gasteiger partial charge is 0.344 e. The van der Waals surface area contributed by atoms with E-state index in [0.29, 0.717) is 0 Å². The molecule has 68 valence electrons. The van der Waals surface area contributed by atoms with Crippen molar-refractivity contribution < 1.29 is 0 Å². The molecule has 2 heteroatoms. The fourth-order valence-electron chi connectivity index (χ4n) is 1.53. The number of hydrogen-bond acceptors (Lipinski definition) is 2. The maximum Gasteiger partial charge on any atom is 0.0454 e. The average molecular weight is 174 g/mol. The Morgan fingerprint density at radius 3 is 2.54 bits per heavy atom. The molecule has 0 spiro atoms. The van der Waals surface area contributed by atoms with Crippen LogP contribution < -0.4 is 6.15 Å². The molecule has 2 nitrogen and oxygen atoms in total. The molecule has 2 rings (SSSR count). The summed E-state index contributed by atoms with van der Waals surface area (Å²) in [6.45, 7) is 4.08. The van der Waals surface area contributed by atoms with Gasteiger partial charge in [-0.25, -0.2) is 0 Å². The third-order valence-electron chi connectivity index (χ3n) is 2.06. The standard InChI is InChI=1S/C11H11N.H3N/c1-8-7-10-5-3-4-6-11(10)9(2)12-8;/h3-7H,1-2H3;1H3. The fraction of sp³-hybridized carbons (Fsp3) is 0.182. The normalized spacial score (nSPS) is 9.69. The van der Waals surface area contributed by atoms with Crippen LogP contribution >= 0.6 is 0 Å².